The van der Waals surface area contributed by atoms with Gasteiger partial charge in [0.15, 0.2) is 0 Å². The Hall–Kier alpha value is -6.03. The van der Waals surface area contributed by atoms with Crippen molar-refractivity contribution in [2.24, 2.45) is 0 Å². The normalized spacial score (nSPS) is 9.64. The molecule has 0 fully saturated rings. The molecule has 0 spiro atoms. The van der Waals surface area contributed by atoms with Crippen LogP contribution in [0.15, 0.2) is 189 Å². The Morgan fingerprint density at radius 2 is 0.875 bits per heavy atom. The number of nitrogen functional groups attached to an aromatic ring is 1. The predicted octanol–water partition coefficient (Wildman–Crippen LogP) is 16.2. The maximum atomic E-state index is 6.16. The second kappa shape index (κ2) is 24.4. The van der Waals surface area contributed by atoms with Crippen LogP contribution < -0.4 is 15.4 Å². The van der Waals surface area contributed by atoms with E-state index in [0.29, 0.717) is 23.1 Å². The molecule has 0 aliphatic heterocycles. The quantitative estimate of drug-likeness (QED) is 0.118. The molecule has 4 heteroatoms. The maximum Gasteiger partial charge on any atom is 0.144 e. The summed E-state index contributed by atoms with van der Waals surface area (Å²) >= 11 is 6.16. The average Bonchev–Trinajstić information content (AvgIpc) is 3.28. The van der Waals surface area contributed by atoms with Crippen LogP contribution in [0, 0.1) is 0 Å². The van der Waals surface area contributed by atoms with Crippen LogP contribution in [-0.4, -0.2) is 0 Å². The number of hydrogen-bond acceptors (Lipinski definition) is 3. The topological polar surface area (TPSA) is 38.5 Å². The van der Waals surface area contributed by atoms with E-state index in [-0.39, 0.29) is 0 Å². The van der Waals surface area contributed by atoms with E-state index in [1.807, 2.05) is 72.7 Å². The van der Waals surface area contributed by atoms with E-state index >= 15 is 0 Å². The number of nitrogens with zero attached hydrogens (tertiary/aromatic N) is 1. The fourth-order valence-corrected chi connectivity index (χ4v) is 6.08. The third-order valence-electron chi connectivity index (χ3n) is 8.28. The monoisotopic (exact) mass is 760 g/mol. The van der Waals surface area contributed by atoms with Crippen molar-refractivity contribution in [1.29, 1.82) is 0 Å². The maximum absolute atomic E-state index is 6.16. The van der Waals surface area contributed by atoms with Crippen LogP contribution in [0.5, 0.6) is 5.75 Å². The van der Waals surface area contributed by atoms with Crippen molar-refractivity contribution in [1.82, 2.24) is 0 Å². The molecule has 0 unspecified atom stereocenters. The summed E-state index contributed by atoms with van der Waals surface area (Å²) in [6, 6.07) is 61.0. The highest BCUT2D eigenvalue weighted by molar-refractivity contribution is 6.33. The molecular formula is C52H57ClN2O. The number of rotatable bonds is 9. The molecule has 0 aliphatic rings. The van der Waals surface area contributed by atoms with Gasteiger partial charge in [0.1, 0.15) is 12.4 Å². The van der Waals surface area contributed by atoms with Crippen molar-refractivity contribution in [2.75, 3.05) is 10.6 Å². The summed E-state index contributed by atoms with van der Waals surface area (Å²) in [5, 5.41) is 0.493. The minimum Gasteiger partial charge on any atom is -0.487 e. The molecule has 0 radical (unpaired) electrons. The first-order chi connectivity index (χ1) is 27.6. The number of allylic oxidation sites excluding steroid dienone is 1. The van der Waals surface area contributed by atoms with Gasteiger partial charge in [0.05, 0.1) is 10.7 Å². The Kier molecular flexibility index (Phi) is 19.3. The Balaban J connectivity index is 0.000000867. The van der Waals surface area contributed by atoms with Gasteiger partial charge in [-0.2, -0.15) is 0 Å². The number of benzene rings is 7. The van der Waals surface area contributed by atoms with Gasteiger partial charge in [0, 0.05) is 17.1 Å². The van der Waals surface area contributed by atoms with E-state index in [9.17, 15) is 0 Å². The minimum absolute atomic E-state index is 0.400. The van der Waals surface area contributed by atoms with E-state index in [4.69, 9.17) is 22.1 Å². The lowest BCUT2D eigenvalue weighted by atomic mass is 9.89. The Morgan fingerprint density at radius 1 is 0.500 bits per heavy atom. The van der Waals surface area contributed by atoms with E-state index in [1.165, 1.54) is 22.3 Å². The zero-order valence-corrected chi connectivity index (χ0v) is 34.8. The number of nitrogens with two attached hydrogens (primary N) is 1. The summed E-state index contributed by atoms with van der Waals surface area (Å²) in [7, 11) is 0. The molecule has 0 atom stereocenters. The van der Waals surface area contributed by atoms with Gasteiger partial charge < -0.3 is 15.4 Å². The molecule has 7 aromatic carbocycles. The van der Waals surface area contributed by atoms with Crippen LogP contribution >= 0.6 is 11.6 Å². The molecule has 288 valence electrons. The van der Waals surface area contributed by atoms with Crippen LogP contribution in [0.2, 0.25) is 5.02 Å². The van der Waals surface area contributed by atoms with Gasteiger partial charge in [0.2, 0.25) is 0 Å². The van der Waals surface area contributed by atoms with Gasteiger partial charge in [-0.05, 0) is 94.4 Å². The molecule has 7 rings (SSSR count). The lowest BCUT2D eigenvalue weighted by Crippen LogP contribution is -2.09. The highest BCUT2D eigenvalue weighted by atomic mass is 35.5. The third kappa shape index (κ3) is 11.7. The number of anilines is 4. The second-order valence-corrected chi connectivity index (χ2v) is 12.1. The largest absolute Gasteiger partial charge is 0.487 e. The average molecular weight is 761 g/mol. The molecule has 3 nitrogen and oxygen atoms in total. The van der Waals surface area contributed by atoms with Gasteiger partial charge >= 0.3 is 0 Å². The molecule has 56 heavy (non-hydrogen) atoms. The van der Waals surface area contributed by atoms with Crippen molar-refractivity contribution in [2.45, 2.75) is 55.1 Å². The third-order valence-corrected chi connectivity index (χ3v) is 8.61. The van der Waals surface area contributed by atoms with Gasteiger partial charge in [-0.3, -0.25) is 0 Å². The first kappa shape index (κ1) is 44.4. The molecule has 0 aliphatic carbocycles. The number of para-hydroxylation sites is 3. The first-order valence-corrected chi connectivity index (χ1v) is 20.0. The summed E-state index contributed by atoms with van der Waals surface area (Å²) < 4.78 is 5.97. The summed E-state index contributed by atoms with van der Waals surface area (Å²) in [6.07, 6.45) is 1.75. The lowest BCUT2D eigenvalue weighted by molar-refractivity contribution is 0.308. The first-order valence-electron chi connectivity index (χ1n) is 19.6. The van der Waals surface area contributed by atoms with E-state index in [2.05, 4.69) is 157 Å². The van der Waals surface area contributed by atoms with Gasteiger partial charge in [-0.1, -0.05) is 187 Å². The smallest absolute Gasteiger partial charge is 0.144 e. The van der Waals surface area contributed by atoms with Crippen molar-refractivity contribution in [3.8, 4) is 39.1 Å². The Labute approximate surface area is 341 Å². The summed E-state index contributed by atoms with van der Waals surface area (Å²) in [4.78, 5) is 2.28. The standard InChI is InChI=1S/C43H33ClN2O.C3H6.3C2H6/c44-41-20-11-21-42(43(41)45)47-30-31-22-24-32(25-23-31)37-16-7-9-18-39(37)40-19-10-8-17-38(40)33-26-28-36(29-27-33)46(34-12-3-1-4-13-34)35-14-5-2-6-15-35;1-3-2;3*1-2/h1-29H,30,45H2;3H,1H2,2H3;3*1-2H3. The molecule has 0 bridgehead atoms. The molecule has 0 aromatic heterocycles. The summed E-state index contributed by atoms with van der Waals surface area (Å²) in [5.74, 6) is 0.587. The SMILES string of the molecule is C=CC.CC.CC.CC.Nc1c(Cl)cccc1OCc1ccc(-c2ccccc2-c2ccccc2-c2ccc(N(c3ccccc3)c3ccccc3)cc2)cc1. The summed E-state index contributed by atoms with van der Waals surface area (Å²) in [5.41, 5.74) is 17.9. The van der Waals surface area contributed by atoms with Crippen molar-refractivity contribution >= 4 is 34.4 Å². The number of ether oxygens (including phenoxy) is 1. The van der Waals surface area contributed by atoms with E-state index in [1.54, 1.807) is 12.1 Å². The molecule has 0 heterocycles. The molecule has 7 aromatic rings. The highest BCUT2D eigenvalue weighted by Gasteiger charge is 2.15. The molecule has 2 N–H and O–H groups in total. The van der Waals surface area contributed by atoms with Crippen molar-refractivity contribution < 1.29 is 4.74 Å². The fraction of sp³-hybridized carbons (Fsp3) is 0.154. The zero-order valence-electron chi connectivity index (χ0n) is 34.0. The van der Waals surface area contributed by atoms with Gasteiger partial charge in [-0.15, -0.1) is 6.58 Å². The van der Waals surface area contributed by atoms with Crippen molar-refractivity contribution in [3.63, 3.8) is 0 Å². The zero-order chi connectivity index (χ0) is 40.7. The molecular weight excluding hydrogens is 704 g/mol. The molecule has 0 saturated heterocycles. The van der Waals surface area contributed by atoms with Crippen LogP contribution in [0.4, 0.5) is 22.7 Å². The lowest BCUT2D eigenvalue weighted by Gasteiger charge is -2.25. The van der Waals surface area contributed by atoms with E-state index < -0.39 is 0 Å². The Bertz CT molecular complexity index is 2110. The molecule has 0 saturated carbocycles. The minimum atomic E-state index is 0.400. The van der Waals surface area contributed by atoms with Crippen LogP contribution in [0.3, 0.4) is 0 Å². The highest BCUT2D eigenvalue weighted by Crippen LogP contribution is 2.40. The fourth-order valence-electron chi connectivity index (χ4n) is 5.92. The second-order valence-electron chi connectivity index (χ2n) is 11.7. The van der Waals surface area contributed by atoms with Crippen molar-refractivity contribution in [3.05, 3.63) is 199 Å². The number of halogens is 1. The van der Waals surface area contributed by atoms with Crippen LogP contribution in [0.25, 0.3) is 33.4 Å². The Morgan fingerprint density at radius 3 is 1.32 bits per heavy atom. The molecule has 0 amide bonds. The van der Waals surface area contributed by atoms with Crippen LogP contribution in [-0.2, 0) is 6.61 Å². The summed E-state index contributed by atoms with van der Waals surface area (Å²) in [6.45, 7) is 17.7. The van der Waals surface area contributed by atoms with Crippen LogP contribution in [0.1, 0.15) is 54.0 Å². The van der Waals surface area contributed by atoms with Gasteiger partial charge in [-0.25, -0.2) is 0 Å². The number of hydrogen-bond donors (Lipinski definition) is 1. The van der Waals surface area contributed by atoms with Gasteiger partial charge in [0.25, 0.3) is 0 Å². The predicted molar refractivity (Wildman–Crippen MR) is 248 cm³/mol. The van der Waals surface area contributed by atoms with E-state index in [0.717, 1.165) is 33.8 Å².